The Balaban J connectivity index is 2.28. The Hall–Kier alpha value is -2.55. The number of benzene rings is 1. The van der Waals surface area contributed by atoms with Gasteiger partial charge in [-0.25, -0.2) is 4.98 Å². The molecule has 3 N–H and O–H groups in total. The first-order chi connectivity index (χ1) is 10.8. The van der Waals surface area contributed by atoms with E-state index in [1.54, 1.807) is 0 Å². The first kappa shape index (κ1) is 16.8. The highest BCUT2D eigenvalue weighted by Crippen LogP contribution is 2.32. The summed E-state index contributed by atoms with van der Waals surface area (Å²) in [6.45, 7) is -0.912. The first-order valence-electron chi connectivity index (χ1n) is 6.59. The molecule has 1 heterocycles. The van der Waals surface area contributed by atoms with Gasteiger partial charge in [0.15, 0.2) is 0 Å². The third-order valence-corrected chi connectivity index (χ3v) is 3.08. The van der Waals surface area contributed by atoms with Crippen LogP contribution in [-0.2, 0) is 12.7 Å². The predicted octanol–water partition coefficient (Wildman–Crippen LogP) is 1.91. The number of nitrogens with two attached hydrogens (primary N) is 1. The van der Waals surface area contributed by atoms with E-state index in [9.17, 15) is 18.0 Å². The molecule has 23 heavy (non-hydrogen) atoms. The van der Waals surface area contributed by atoms with Crippen molar-refractivity contribution in [1.82, 2.24) is 9.88 Å². The summed E-state index contributed by atoms with van der Waals surface area (Å²) in [4.78, 5) is 16.9. The van der Waals surface area contributed by atoms with Crippen molar-refractivity contribution in [1.29, 1.82) is 0 Å². The van der Waals surface area contributed by atoms with Gasteiger partial charge < -0.3 is 20.2 Å². The molecular formula is C14H14F3N3O3. The zero-order chi connectivity index (χ0) is 17.0. The molecule has 0 spiro atoms. The number of rotatable bonds is 5. The number of alkyl halides is 3. The molecule has 0 aliphatic heterocycles. The van der Waals surface area contributed by atoms with E-state index in [1.165, 1.54) is 18.2 Å². The minimum Gasteiger partial charge on any atom is -0.418 e. The minimum absolute atomic E-state index is 0.0886. The Bertz CT molecular complexity index is 685. The minimum atomic E-state index is -4.54. The third kappa shape index (κ3) is 4.01. The van der Waals surface area contributed by atoms with E-state index in [2.05, 4.69) is 4.98 Å². The Kier molecular flexibility index (Phi) is 4.89. The molecule has 1 aromatic heterocycles. The number of oxazole rings is 1. The number of carbonyl (C=O) groups is 1. The number of hydrogen-bond acceptors (Lipinski definition) is 5. The Morgan fingerprint density at radius 3 is 2.61 bits per heavy atom. The highest BCUT2D eigenvalue weighted by atomic mass is 19.4. The summed E-state index contributed by atoms with van der Waals surface area (Å²) in [5.74, 6) is -0.916. The molecule has 0 aliphatic carbocycles. The normalized spacial score (nSPS) is 11.5. The van der Waals surface area contributed by atoms with Crippen LogP contribution in [0, 0.1) is 0 Å². The van der Waals surface area contributed by atoms with Crippen molar-refractivity contribution in [2.24, 2.45) is 0 Å². The quantitative estimate of drug-likeness (QED) is 0.874. The van der Waals surface area contributed by atoms with E-state index in [0.29, 0.717) is 0 Å². The highest BCUT2D eigenvalue weighted by Gasteiger charge is 2.33. The van der Waals surface area contributed by atoms with Gasteiger partial charge in [-0.1, -0.05) is 18.2 Å². The molecule has 2 aromatic rings. The van der Waals surface area contributed by atoms with E-state index in [4.69, 9.17) is 15.3 Å². The van der Waals surface area contributed by atoms with Crippen LogP contribution in [0.1, 0.15) is 21.7 Å². The van der Waals surface area contributed by atoms with Gasteiger partial charge in [0.1, 0.15) is 0 Å². The van der Waals surface area contributed by atoms with E-state index >= 15 is 0 Å². The zero-order valence-corrected chi connectivity index (χ0v) is 11.9. The molecule has 0 unspecified atom stereocenters. The van der Waals surface area contributed by atoms with Gasteiger partial charge in [0.25, 0.3) is 11.9 Å². The van der Waals surface area contributed by atoms with Crippen LogP contribution < -0.4 is 5.73 Å². The molecule has 1 amide bonds. The number of aliphatic hydroxyl groups is 1. The van der Waals surface area contributed by atoms with Gasteiger partial charge in [-0.15, -0.1) is 0 Å². The highest BCUT2D eigenvalue weighted by molar-refractivity contribution is 5.91. The first-order valence-corrected chi connectivity index (χ1v) is 6.59. The second-order valence-corrected chi connectivity index (χ2v) is 4.67. The monoisotopic (exact) mass is 329 g/mol. The molecule has 0 atom stereocenters. The van der Waals surface area contributed by atoms with E-state index in [-0.39, 0.29) is 30.4 Å². The van der Waals surface area contributed by atoms with Gasteiger partial charge in [0.05, 0.1) is 18.4 Å². The van der Waals surface area contributed by atoms with Gasteiger partial charge >= 0.3 is 6.18 Å². The smallest absolute Gasteiger partial charge is 0.416 e. The van der Waals surface area contributed by atoms with Crippen LogP contribution in [0.3, 0.4) is 0 Å². The van der Waals surface area contributed by atoms with Gasteiger partial charge in [-0.05, 0) is 11.6 Å². The molecular weight excluding hydrogens is 315 g/mol. The third-order valence-electron chi connectivity index (χ3n) is 3.08. The summed E-state index contributed by atoms with van der Waals surface area (Å²) < 4.78 is 43.9. The Morgan fingerprint density at radius 1 is 1.35 bits per heavy atom. The fourth-order valence-electron chi connectivity index (χ4n) is 2.06. The molecule has 9 heteroatoms. The molecule has 0 aliphatic rings. The fourth-order valence-corrected chi connectivity index (χ4v) is 2.06. The van der Waals surface area contributed by atoms with E-state index in [0.717, 1.165) is 17.2 Å². The van der Waals surface area contributed by atoms with Crippen molar-refractivity contribution < 1.29 is 27.5 Å². The maximum Gasteiger partial charge on any atom is 0.416 e. The van der Waals surface area contributed by atoms with E-state index < -0.39 is 24.3 Å². The number of amides is 1. The zero-order valence-electron chi connectivity index (χ0n) is 11.9. The molecule has 0 saturated carbocycles. The fraction of sp³-hybridized carbons (Fsp3) is 0.286. The molecule has 2 rings (SSSR count). The largest absolute Gasteiger partial charge is 0.418 e. The molecule has 0 bridgehead atoms. The molecule has 0 saturated heterocycles. The summed E-state index contributed by atoms with van der Waals surface area (Å²) in [5.41, 5.74) is 4.35. The maximum atomic E-state index is 13.0. The number of anilines is 1. The summed E-state index contributed by atoms with van der Waals surface area (Å²) in [6, 6.07) is 4.69. The van der Waals surface area contributed by atoms with Crippen molar-refractivity contribution in [3.05, 3.63) is 47.3 Å². The van der Waals surface area contributed by atoms with Gasteiger partial charge in [0, 0.05) is 13.1 Å². The predicted molar refractivity (Wildman–Crippen MR) is 74.2 cm³/mol. The standard InChI is InChI=1S/C14H14F3N3O3/c15-14(16,17)10-4-2-1-3-9(10)8-20(5-6-21)12(22)11-7-19-13(18)23-11/h1-4,7,21H,5-6,8H2,(H2,18,19). The average molecular weight is 329 g/mol. The maximum absolute atomic E-state index is 13.0. The topological polar surface area (TPSA) is 92.6 Å². The number of aromatic nitrogens is 1. The van der Waals surface area contributed by atoms with Crippen LogP contribution in [-0.4, -0.2) is 34.0 Å². The summed E-state index contributed by atoms with van der Waals surface area (Å²) in [6.07, 6.45) is -3.46. The van der Waals surface area contributed by atoms with Gasteiger partial charge in [-0.2, -0.15) is 13.2 Å². The van der Waals surface area contributed by atoms with Crippen LogP contribution in [0.2, 0.25) is 0 Å². The second-order valence-electron chi connectivity index (χ2n) is 4.67. The van der Waals surface area contributed by atoms with Crippen LogP contribution in [0.4, 0.5) is 19.2 Å². The Labute approximate surface area is 129 Å². The van der Waals surface area contributed by atoms with Gasteiger partial charge in [-0.3, -0.25) is 4.79 Å². The number of nitrogen functional groups attached to an aromatic ring is 1. The van der Waals surface area contributed by atoms with Crippen LogP contribution >= 0.6 is 0 Å². The second kappa shape index (κ2) is 6.69. The van der Waals surface area contributed by atoms with Crippen molar-refractivity contribution in [2.45, 2.75) is 12.7 Å². The van der Waals surface area contributed by atoms with Crippen molar-refractivity contribution in [2.75, 3.05) is 18.9 Å². The number of nitrogens with zero attached hydrogens (tertiary/aromatic N) is 2. The van der Waals surface area contributed by atoms with Crippen molar-refractivity contribution in [3.8, 4) is 0 Å². The number of halogens is 3. The lowest BCUT2D eigenvalue weighted by Crippen LogP contribution is -2.33. The lowest BCUT2D eigenvalue weighted by atomic mass is 10.1. The molecule has 124 valence electrons. The van der Waals surface area contributed by atoms with Crippen molar-refractivity contribution in [3.63, 3.8) is 0 Å². The molecule has 6 nitrogen and oxygen atoms in total. The number of aliphatic hydroxyl groups excluding tert-OH is 1. The van der Waals surface area contributed by atoms with Crippen LogP contribution in [0.15, 0.2) is 34.9 Å². The Morgan fingerprint density at radius 2 is 2.04 bits per heavy atom. The molecule has 0 fully saturated rings. The van der Waals surface area contributed by atoms with E-state index in [1.807, 2.05) is 0 Å². The summed E-state index contributed by atoms with van der Waals surface area (Å²) in [5, 5.41) is 9.06. The number of carbonyl (C=O) groups excluding carboxylic acids is 1. The van der Waals surface area contributed by atoms with Crippen LogP contribution in [0.5, 0.6) is 0 Å². The number of hydrogen-bond donors (Lipinski definition) is 2. The average Bonchev–Trinajstić information content (AvgIpc) is 2.92. The summed E-state index contributed by atoms with van der Waals surface area (Å²) >= 11 is 0. The SMILES string of the molecule is Nc1ncc(C(=O)N(CCO)Cc2ccccc2C(F)(F)F)o1. The lowest BCUT2D eigenvalue weighted by molar-refractivity contribution is -0.138. The lowest BCUT2D eigenvalue weighted by Gasteiger charge is -2.22. The summed E-state index contributed by atoms with van der Waals surface area (Å²) in [7, 11) is 0. The van der Waals surface area contributed by atoms with Crippen LogP contribution in [0.25, 0.3) is 0 Å². The molecule has 0 radical (unpaired) electrons. The van der Waals surface area contributed by atoms with Crippen molar-refractivity contribution >= 4 is 11.9 Å². The van der Waals surface area contributed by atoms with Gasteiger partial charge in [0.2, 0.25) is 5.76 Å². The molecule has 1 aromatic carbocycles.